The predicted molar refractivity (Wildman–Crippen MR) is 109 cm³/mol. The van der Waals surface area contributed by atoms with Crippen LogP contribution in [-0.2, 0) is 6.54 Å². The molecule has 0 unspecified atom stereocenters. The highest BCUT2D eigenvalue weighted by atomic mass is 35.5. The van der Waals surface area contributed by atoms with Crippen LogP contribution in [0.4, 0.5) is 5.69 Å². The van der Waals surface area contributed by atoms with Gasteiger partial charge in [0.1, 0.15) is 11.1 Å². The SMILES string of the molecule is O=C(c1cc2ccccc2oc1=O)N(Cc1cccs1)c1cccc(Cl)c1. The van der Waals surface area contributed by atoms with Crippen molar-refractivity contribution in [3.05, 3.63) is 98.0 Å². The van der Waals surface area contributed by atoms with Gasteiger partial charge in [0.2, 0.25) is 0 Å². The topological polar surface area (TPSA) is 50.5 Å². The Kier molecular flexibility index (Phi) is 4.79. The molecule has 4 nitrogen and oxygen atoms in total. The summed E-state index contributed by atoms with van der Waals surface area (Å²) in [5.41, 5.74) is 0.405. The maximum atomic E-state index is 13.3. The Labute approximate surface area is 164 Å². The van der Waals surface area contributed by atoms with Crippen LogP contribution >= 0.6 is 22.9 Å². The van der Waals surface area contributed by atoms with Gasteiger partial charge in [-0.1, -0.05) is 41.9 Å². The first kappa shape index (κ1) is 17.5. The van der Waals surface area contributed by atoms with Gasteiger partial charge in [0, 0.05) is 21.0 Å². The summed E-state index contributed by atoms with van der Waals surface area (Å²) in [5, 5.41) is 3.16. The largest absolute Gasteiger partial charge is 0.422 e. The fourth-order valence-electron chi connectivity index (χ4n) is 2.84. The lowest BCUT2D eigenvalue weighted by Crippen LogP contribution is -2.33. The Morgan fingerprint density at radius 2 is 1.89 bits per heavy atom. The number of anilines is 1. The van der Waals surface area contributed by atoms with Crippen LogP contribution in [0.25, 0.3) is 11.0 Å². The molecule has 0 saturated heterocycles. The van der Waals surface area contributed by atoms with Gasteiger partial charge in [-0.2, -0.15) is 0 Å². The van der Waals surface area contributed by atoms with Gasteiger partial charge in [0.05, 0.1) is 6.54 Å². The lowest BCUT2D eigenvalue weighted by atomic mass is 10.1. The number of halogens is 1. The molecule has 0 bridgehead atoms. The average Bonchev–Trinajstić information content (AvgIpc) is 3.18. The van der Waals surface area contributed by atoms with Crippen LogP contribution in [0.5, 0.6) is 0 Å². The molecule has 0 aliphatic heterocycles. The van der Waals surface area contributed by atoms with E-state index in [1.807, 2.05) is 23.6 Å². The molecule has 2 aromatic heterocycles. The van der Waals surface area contributed by atoms with Crippen molar-refractivity contribution in [2.24, 2.45) is 0 Å². The summed E-state index contributed by atoms with van der Waals surface area (Å²) >= 11 is 7.66. The van der Waals surface area contributed by atoms with Crippen LogP contribution in [0.15, 0.2) is 81.3 Å². The number of hydrogen-bond donors (Lipinski definition) is 0. The fraction of sp³-hybridized carbons (Fsp3) is 0.0476. The number of nitrogens with zero attached hydrogens (tertiary/aromatic N) is 1. The van der Waals surface area contributed by atoms with E-state index in [9.17, 15) is 9.59 Å². The molecule has 2 aromatic carbocycles. The van der Waals surface area contributed by atoms with Crippen molar-refractivity contribution in [2.75, 3.05) is 4.90 Å². The van der Waals surface area contributed by atoms with Crippen molar-refractivity contribution < 1.29 is 9.21 Å². The first-order valence-electron chi connectivity index (χ1n) is 8.24. The van der Waals surface area contributed by atoms with Crippen LogP contribution in [0, 0.1) is 0 Å². The predicted octanol–water partition coefficient (Wildman–Crippen LogP) is 5.35. The maximum absolute atomic E-state index is 13.3. The van der Waals surface area contributed by atoms with E-state index < -0.39 is 11.5 Å². The fourth-order valence-corrected chi connectivity index (χ4v) is 3.72. The average molecular weight is 396 g/mol. The van der Waals surface area contributed by atoms with E-state index in [0.717, 1.165) is 4.88 Å². The van der Waals surface area contributed by atoms with Gasteiger partial charge in [-0.15, -0.1) is 11.3 Å². The summed E-state index contributed by atoms with van der Waals surface area (Å²) in [5.74, 6) is -0.426. The van der Waals surface area contributed by atoms with Crippen molar-refractivity contribution >= 4 is 45.5 Å². The molecule has 0 atom stereocenters. The van der Waals surface area contributed by atoms with Crippen molar-refractivity contribution in [1.29, 1.82) is 0 Å². The lowest BCUT2D eigenvalue weighted by molar-refractivity contribution is 0.0982. The third-order valence-corrected chi connectivity index (χ3v) is 5.23. The molecular formula is C21H14ClNO3S. The maximum Gasteiger partial charge on any atom is 0.349 e. The Morgan fingerprint density at radius 3 is 2.67 bits per heavy atom. The molecule has 4 aromatic rings. The number of fused-ring (bicyclic) bond motifs is 1. The van der Waals surface area contributed by atoms with Gasteiger partial charge in [-0.25, -0.2) is 4.79 Å². The van der Waals surface area contributed by atoms with Crippen LogP contribution < -0.4 is 10.5 Å². The number of benzene rings is 2. The van der Waals surface area contributed by atoms with Crippen LogP contribution in [0.2, 0.25) is 5.02 Å². The Hall–Kier alpha value is -2.89. The standard InChI is InChI=1S/C21H14ClNO3S/c22-15-6-3-7-16(12-15)23(13-17-8-4-10-27-17)20(24)18-11-14-5-1-2-9-19(14)26-21(18)25/h1-12H,13H2. The monoisotopic (exact) mass is 395 g/mol. The minimum absolute atomic E-state index is 0.00904. The minimum Gasteiger partial charge on any atom is -0.422 e. The highest BCUT2D eigenvalue weighted by Gasteiger charge is 2.23. The summed E-state index contributed by atoms with van der Waals surface area (Å²) in [6.07, 6.45) is 0. The second-order valence-corrected chi connectivity index (χ2v) is 7.40. The van der Waals surface area contributed by atoms with Crippen molar-refractivity contribution in [3.8, 4) is 0 Å². The molecule has 0 radical (unpaired) electrons. The summed E-state index contributed by atoms with van der Waals surface area (Å²) in [6, 6.07) is 19.6. The van der Waals surface area contributed by atoms with Gasteiger partial charge < -0.3 is 9.32 Å². The number of hydrogen-bond acceptors (Lipinski definition) is 4. The Balaban J connectivity index is 1.80. The van der Waals surface area contributed by atoms with E-state index in [4.69, 9.17) is 16.0 Å². The summed E-state index contributed by atoms with van der Waals surface area (Å²) in [7, 11) is 0. The van der Waals surface area contributed by atoms with Crippen molar-refractivity contribution in [1.82, 2.24) is 0 Å². The molecule has 2 heterocycles. The van der Waals surface area contributed by atoms with Gasteiger partial charge >= 0.3 is 5.63 Å². The minimum atomic E-state index is -0.656. The van der Waals surface area contributed by atoms with E-state index in [0.29, 0.717) is 28.2 Å². The molecule has 4 rings (SSSR count). The lowest BCUT2D eigenvalue weighted by Gasteiger charge is -2.22. The Bertz CT molecular complexity index is 1170. The van der Waals surface area contributed by atoms with Crippen molar-refractivity contribution in [2.45, 2.75) is 6.54 Å². The normalized spacial score (nSPS) is 10.9. The number of rotatable bonds is 4. The number of thiophene rings is 1. The summed E-state index contributed by atoms with van der Waals surface area (Å²) < 4.78 is 5.33. The zero-order valence-corrected chi connectivity index (χ0v) is 15.7. The molecule has 0 aliphatic carbocycles. The Morgan fingerprint density at radius 1 is 1.04 bits per heavy atom. The highest BCUT2D eigenvalue weighted by Crippen LogP contribution is 2.25. The molecule has 134 valence electrons. The molecule has 0 spiro atoms. The first-order valence-corrected chi connectivity index (χ1v) is 9.50. The summed E-state index contributed by atoms with van der Waals surface area (Å²) in [4.78, 5) is 28.3. The van der Waals surface area contributed by atoms with Crippen LogP contribution in [0.3, 0.4) is 0 Å². The number of para-hydroxylation sites is 1. The smallest absolute Gasteiger partial charge is 0.349 e. The second-order valence-electron chi connectivity index (χ2n) is 5.94. The van der Waals surface area contributed by atoms with Gasteiger partial charge in [-0.05, 0) is 41.8 Å². The molecule has 1 amide bonds. The molecule has 0 fully saturated rings. The number of amides is 1. The quantitative estimate of drug-likeness (QED) is 0.437. The van der Waals surface area contributed by atoms with Gasteiger partial charge in [-0.3, -0.25) is 4.79 Å². The van der Waals surface area contributed by atoms with Crippen LogP contribution in [-0.4, -0.2) is 5.91 Å². The van der Waals surface area contributed by atoms with E-state index >= 15 is 0 Å². The molecular weight excluding hydrogens is 382 g/mol. The first-order chi connectivity index (χ1) is 13.1. The third-order valence-electron chi connectivity index (χ3n) is 4.13. The summed E-state index contributed by atoms with van der Waals surface area (Å²) in [6.45, 7) is 0.336. The highest BCUT2D eigenvalue weighted by molar-refractivity contribution is 7.09. The second kappa shape index (κ2) is 7.39. The molecule has 6 heteroatoms. The molecule has 0 saturated carbocycles. The van der Waals surface area contributed by atoms with E-state index in [2.05, 4.69) is 0 Å². The van der Waals surface area contributed by atoms with E-state index in [-0.39, 0.29) is 5.56 Å². The zero-order chi connectivity index (χ0) is 18.8. The zero-order valence-electron chi connectivity index (χ0n) is 14.1. The van der Waals surface area contributed by atoms with Crippen LogP contribution in [0.1, 0.15) is 15.2 Å². The molecule has 0 N–H and O–H groups in total. The van der Waals surface area contributed by atoms with E-state index in [1.165, 1.54) is 0 Å². The third kappa shape index (κ3) is 3.65. The number of carbonyl (C=O) groups excluding carboxylic acids is 1. The number of carbonyl (C=O) groups is 1. The van der Waals surface area contributed by atoms with Crippen molar-refractivity contribution in [3.63, 3.8) is 0 Å². The van der Waals surface area contributed by atoms with Gasteiger partial charge in [0.15, 0.2) is 0 Å². The molecule has 27 heavy (non-hydrogen) atoms. The molecule has 0 aliphatic rings. The van der Waals surface area contributed by atoms with E-state index in [1.54, 1.807) is 64.8 Å². The van der Waals surface area contributed by atoms with Gasteiger partial charge in [0.25, 0.3) is 5.91 Å².